The van der Waals surface area contributed by atoms with Crippen molar-refractivity contribution in [1.29, 1.82) is 0 Å². The Bertz CT molecular complexity index is 2750. The maximum atomic E-state index is 15.2. The molecule has 4 amide bonds. The number of pyridine rings is 1. The summed E-state index contributed by atoms with van der Waals surface area (Å²) in [5.41, 5.74) is -0.537. The van der Waals surface area contributed by atoms with Crippen LogP contribution in [0.4, 0.5) is 24.8 Å². The number of ether oxygens (including phenoxy) is 1. The largest absolute Gasteiger partial charge is 0.508 e. The Hall–Kier alpha value is -5.45. The maximum Gasteiger partial charge on any atom is 0.433 e. The maximum absolute atomic E-state index is 15.2. The molecule has 3 aromatic heterocycles. The highest BCUT2D eigenvalue weighted by atomic mass is 35.5. The zero-order chi connectivity index (χ0) is 42.9. The number of thiophene rings is 1. The smallest absolute Gasteiger partial charge is 0.433 e. The van der Waals surface area contributed by atoms with Crippen molar-refractivity contribution in [1.82, 2.24) is 19.8 Å². The molecule has 6 atom stereocenters. The number of hydrazine groups is 1. The molecule has 310 valence electrons. The SMILES string of the molecule is COc1cccc(O)c1[C@H]1C2=CC[C@@H]3C(=O)N(N(C)c4nc(C(F)(F)F)ccc4Cl)C(=O)[C@@H]3[C@@H]2C[C@H]2C(=O)N(c3cc(-c4sc5ccc(Cl)cc5c4C)nn3C)C(=O)[C@@]12C. The molecule has 1 N–H and O–H groups in total. The number of fused-ring (bicyclic) bond motifs is 5. The van der Waals surface area contributed by atoms with Gasteiger partial charge in [0.2, 0.25) is 11.8 Å². The summed E-state index contributed by atoms with van der Waals surface area (Å²) >= 11 is 14.1. The van der Waals surface area contributed by atoms with Crippen LogP contribution in [-0.2, 0) is 32.4 Å². The number of nitrogens with zero attached hydrogens (tertiary/aromatic N) is 6. The van der Waals surface area contributed by atoms with E-state index in [0.29, 0.717) is 22.4 Å². The van der Waals surface area contributed by atoms with Gasteiger partial charge in [-0.15, -0.1) is 11.3 Å². The number of alkyl halides is 3. The molecule has 2 saturated heterocycles. The van der Waals surface area contributed by atoms with Gasteiger partial charge in [-0.25, -0.2) is 9.88 Å². The Morgan fingerprint density at radius 1 is 1.02 bits per heavy atom. The minimum atomic E-state index is -4.83. The van der Waals surface area contributed by atoms with Crippen LogP contribution in [0.25, 0.3) is 20.7 Å². The van der Waals surface area contributed by atoms with E-state index in [2.05, 4.69) is 4.98 Å². The molecule has 60 heavy (non-hydrogen) atoms. The first-order valence-electron chi connectivity index (χ1n) is 18.9. The average molecular weight is 880 g/mol. The number of benzene rings is 2. The van der Waals surface area contributed by atoms with E-state index in [4.69, 9.17) is 33.0 Å². The number of phenolic OH excluding ortho intramolecular Hbond substituents is 1. The number of aromatic nitrogens is 3. The highest BCUT2D eigenvalue weighted by Gasteiger charge is 2.69. The number of halogens is 5. The molecule has 2 aliphatic carbocycles. The quantitative estimate of drug-likeness (QED) is 0.132. The molecule has 12 nitrogen and oxygen atoms in total. The molecule has 5 aromatic rings. The van der Waals surface area contributed by atoms with E-state index < -0.39 is 76.3 Å². The van der Waals surface area contributed by atoms with Gasteiger partial charge in [0.05, 0.1) is 40.2 Å². The summed E-state index contributed by atoms with van der Waals surface area (Å²) in [5.74, 6) is -7.66. The number of hydrogen-bond donors (Lipinski definition) is 1. The fraction of sp³-hybridized carbons (Fsp3) is 0.333. The lowest BCUT2D eigenvalue weighted by Crippen LogP contribution is -2.49. The number of rotatable bonds is 6. The molecule has 0 unspecified atom stereocenters. The summed E-state index contributed by atoms with van der Waals surface area (Å²) in [7, 11) is 4.29. The van der Waals surface area contributed by atoms with Crippen LogP contribution in [0.2, 0.25) is 10.0 Å². The molecule has 2 aromatic carbocycles. The second kappa shape index (κ2) is 13.8. The molecule has 2 aliphatic heterocycles. The molecule has 3 fully saturated rings. The Kier molecular flexibility index (Phi) is 9.19. The molecular weight excluding hydrogens is 844 g/mol. The molecule has 0 bridgehead atoms. The number of hydrogen-bond acceptors (Lipinski definition) is 10. The summed E-state index contributed by atoms with van der Waals surface area (Å²) in [6.07, 6.45) is -3.05. The van der Waals surface area contributed by atoms with Crippen LogP contribution in [-0.4, -0.2) is 62.7 Å². The van der Waals surface area contributed by atoms with Crippen molar-refractivity contribution < 1.29 is 42.2 Å². The number of carbonyl (C=O) groups excluding carboxylic acids is 4. The highest BCUT2D eigenvalue weighted by Crippen LogP contribution is 2.65. The van der Waals surface area contributed by atoms with E-state index >= 15 is 4.79 Å². The highest BCUT2D eigenvalue weighted by molar-refractivity contribution is 7.22. The van der Waals surface area contributed by atoms with Crippen molar-refractivity contribution in [3.05, 3.63) is 93.1 Å². The van der Waals surface area contributed by atoms with Crippen molar-refractivity contribution in [2.24, 2.45) is 36.1 Å². The average Bonchev–Trinajstić information content (AvgIpc) is 3.87. The lowest BCUT2D eigenvalue weighted by molar-refractivity contribution is -0.141. The first kappa shape index (κ1) is 40.0. The van der Waals surface area contributed by atoms with Gasteiger partial charge in [-0.1, -0.05) is 40.9 Å². The van der Waals surface area contributed by atoms with Gasteiger partial charge in [-0.3, -0.25) is 28.9 Å². The van der Waals surface area contributed by atoms with Crippen LogP contribution < -0.4 is 14.6 Å². The van der Waals surface area contributed by atoms with Crippen LogP contribution in [0.1, 0.15) is 42.5 Å². The summed E-state index contributed by atoms with van der Waals surface area (Å²) in [6.45, 7) is 3.63. The third-order valence-electron chi connectivity index (χ3n) is 12.7. The van der Waals surface area contributed by atoms with Crippen molar-refractivity contribution >= 4 is 79.9 Å². The summed E-state index contributed by atoms with van der Waals surface area (Å²) in [5, 5.41) is 19.3. The Balaban J connectivity index is 1.14. The third kappa shape index (κ3) is 5.63. The van der Waals surface area contributed by atoms with Crippen LogP contribution >= 0.6 is 34.5 Å². The minimum Gasteiger partial charge on any atom is -0.508 e. The van der Waals surface area contributed by atoms with Gasteiger partial charge in [-0.2, -0.15) is 23.3 Å². The topological polar surface area (TPSA) is 138 Å². The van der Waals surface area contributed by atoms with E-state index in [9.17, 15) is 32.7 Å². The zero-order valence-electron chi connectivity index (χ0n) is 32.5. The number of allylic oxidation sites excluding steroid dienone is 2. The van der Waals surface area contributed by atoms with Crippen LogP contribution in [0, 0.1) is 36.0 Å². The predicted octanol–water partition coefficient (Wildman–Crippen LogP) is 8.33. The van der Waals surface area contributed by atoms with Crippen LogP contribution in [0.3, 0.4) is 0 Å². The van der Waals surface area contributed by atoms with Crippen molar-refractivity contribution in [3.8, 4) is 22.1 Å². The molecule has 1 saturated carbocycles. The third-order valence-corrected chi connectivity index (χ3v) is 14.6. The van der Waals surface area contributed by atoms with E-state index in [1.807, 2.05) is 19.1 Å². The summed E-state index contributed by atoms with van der Waals surface area (Å²) in [4.78, 5) is 64.6. The fourth-order valence-electron chi connectivity index (χ4n) is 9.95. The summed E-state index contributed by atoms with van der Waals surface area (Å²) in [6, 6.07) is 13.6. The number of carbonyl (C=O) groups is 4. The van der Waals surface area contributed by atoms with Crippen LogP contribution in [0.5, 0.6) is 11.5 Å². The Labute approximate surface area is 354 Å². The predicted molar refractivity (Wildman–Crippen MR) is 218 cm³/mol. The second-order valence-electron chi connectivity index (χ2n) is 15.8. The first-order valence-corrected chi connectivity index (χ1v) is 20.5. The summed E-state index contributed by atoms with van der Waals surface area (Å²) < 4.78 is 49.4. The van der Waals surface area contributed by atoms with Gasteiger partial charge in [0.25, 0.3) is 11.8 Å². The first-order chi connectivity index (χ1) is 28.4. The number of aryl methyl sites for hydroxylation is 2. The normalized spacial score (nSPS) is 25.2. The number of methoxy groups -OCH3 is 1. The van der Waals surface area contributed by atoms with Crippen molar-refractivity contribution in [3.63, 3.8) is 0 Å². The number of anilines is 2. The molecule has 9 rings (SSSR count). The van der Waals surface area contributed by atoms with E-state index in [-0.39, 0.29) is 40.7 Å². The van der Waals surface area contributed by atoms with Crippen LogP contribution in [0.15, 0.2) is 66.2 Å². The minimum absolute atomic E-state index is 0.0268. The lowest BCUT2D eigenvalue weighted by atomic mass is 9.51. The van der Waals surface area contributed by atoms with Gasteiger partial charge < -0.3 is 9.84 Å². The molecule has 0 radical (unpaired) electrons. The molecule has 18 heteroatoms. The molecule has 4 aliphatic rings. The standard InChI is InChI=1S/C42H35Cl2F3N6O6S/c1-18-22-15-19(43)9-13-29(22)60-35(18)26-17-31(50(3)49-26)52-38(56)24-16-23-20(34(41(24,2)40(52)58)33-27(54)7-6-8-28(33)59-5)10-11-21-32(23)39(57)53(37(21)55)51(4)36-25(44)12-14-30(48-36)42(45,46)47/h6-10,12-15,17,21,23-24,32,34,54H,11,16H2,1-5H3/t21-,23+,24-,32-,34+,41+/m0/s1. The molecular formula is C42H35Cl2F3N6O6S. The second-order valence-corrected chi connectivity index (χ2v) is 17.7. The van der Waals surface area contributed by atoms with Crippen molar-refractivity contribution in [2.75, 3.05) is 24.1 Å². The van der Waals surface area contributed by atoms with Gasteiger partial charge >= 0.3 is 6.18 Å². The van der Waals surface area contributed by atoms with Gasteiger partial charge in [0.15, 0.2) is 5.82 Å². The van der Waals surface area contributed by atoms with E-state index in [1.54, 1.807) is 44.3 Å². The van der Waals surface area contributed by atoms with Gasteiger partial charge in [0, 0.05) is 41.4 Å². The Morgan fingerprint density at radius 3 is 2.48 bits per heavy atom. The zero-order valence-corrected chi connectivity index (χ0v) is 34.9. The number of phenols is 1. The Morgan fingerprint density at radius 2 is 1.77 bits per heavy atom. The van der Waals surface area contributed by atoms with Gasteiger partial charge in [-0.05, 0) is 86.0 Å². The van der Waals surface area contributed by atoms with E-state index in [0.717, 1.165) is 41.5 Å². The number of aromatic hydroxyl groups is 1. The van der Waals surface area contributed by atoms with Crippen molar-refractivity contribution in [2.45, 2.75) is 38.8 Å². The van der Waals surface area contributed by atoms with Gasteiger partial charge in [0.1, 0.15) is 28.7 Å². The fourth-order valence-corrected chi connectivity index (χ4v) is 11.5. The number of imide groups is 2. The molecule has 5 heterocycles. The number of amides is 4. The lowest BCUT2D eigenvalue weighted by Gasteiger charge is -2.49. The van der Waals surface area contributed by atoms with E-state index in [1.165, 1.54) is 36.2 Å². The monoisotopic (exact) mass is 878 g/mol. The molecule has 0 spiro atoms.